The maximum absolute atomic E-state index is 12.7. The van der Waals surface area contributed by atoms with Crippen molar-refractivity contribution in [2.45, 2.75) is 291 Å². The van der Waals surface area contributed by atoms with Crippen LogP contribution in [0.25, 0.3) is 0 Å². The molecule has 0 rings (SSSR count). The molecule has 0 fully saturated rings. The predicted octanol–water partition coefficient (Wildman–Crippen LogP) is 16.5. The Labute approximate surface area is 361 Å². The molecule has 6 nitrogen and oxygen atoms in total. The normalized spacial score (nSPS) is 12.5. The van der Waals surface area contributed by atoms with Crippen LogP contribution in [0.2, 0.25) is 0 Å². The van der Waals surface area contributed by atoms with Crippen LogP contribution in [0.5, 0.6) is 0 Å². The molecule has 0 heterocycles. The smallest absolute Gasteiger partial charge is 0.306 e. The highest BCUT2D eigenvalue weighted by molar-refractivity contribution is 5.71. The first kappa shape index (κ1) is 56.4. The van der Waals surface area contributed by atoms with Gasteiger partial charge in [0, 0.05) is 19.3 Å². The van der Waals surface area contributed by atoms with Crippen molar-refractivity contribution in [1.82, 2.24) is 0 Å². The fourth-order valence-electron chi connectivity index (χ4n) is 7.78. The van der Waals surface area contributed by atoms with Crippen molar-refractivity contribution in [3.05, 3.63) is 0 Å². The number of hydrogen-bond donors (Lipinski definition) is 0. The molecule has 0 aliphatic heterocycles. The van der Waals surface area contributed by atoms with E-state index < -0.39 is 6.10 Å². The summed E-state index contributed by atoms with van der Waals surface area (Å²) in [6, 6.07) is 0. The predicted molar refractivity (Wildman–Crippen MR) is 247 cm³/mol. The Balaban J connectivity index is 4.28. The lowest BCUT2D eigenvalue weighted by Gasteiger charge is -2.18. The van der Waals surface area contributed by atoms with Crippen molar-refractivity contribution in [2.75, 3.05) is 13.2 Å². The van der Waals surface area contributed by atoms with Crippen LogP contribution >= 0.6 is 0 Å². The molecular formula is C52H100O6. The Morgan fingerprint density at radius 2 is 0.655 bits per heavy atom. The van der Waals surface area contributed by atoms with Gasteiger partial charge in [0.05, 0.1) is 0 Å². The molecule has 58 heavy (non-hydrogen) atoms. The Morgan fingerprint density at radius 3 is 0.983 bits per heavy atom. The third-order valence-electron chi connectivity index (χ3n) is 12.1. The Hall–Kier alpha value is -1.59. The van der Waals surface area contributed by atoms with E-state index in [4.69, 9.17) is 14.2 Å². The second-order valence-corrected chi connectivity index (χ2v) is 18.5. The van der Waals surface area contributed by atoms with Gasteiger partial charge in [0.1, 0.15) is 13.2 Å². The summed E-state index contributed by atoms with van der Waals surface area (Å²) in [7, 11) is 0. The van der Waals surface area contributed by atoms with Gasteiger partial charge in [-0.25, -0.2) is 0 Å². The van der Waals surface area contributed by atoms with E-state index in [0.717, 1.165) is 69.6 Å². The minimum Gasteiger partial charge on any atom is -0.462 e. The van der Waals surface area contributed by atoms with Crippen molar-refractivity contribution in [3.63, 3.8) is 0 Å². The summed E-state index contributed by atoms with van der Waals surface area (Å²) in [5.74, 6) is 0.843. The molecule has 0 radical (unpaired) electrons. The van der Waals surface area contributed by atoms with Crippen LogP contribution in [0.15, 0.2) is 0 Å². The van der Waals surface area contributed by atoms with E-state index >= 15 is 0 Å². The standard InChI is InChI=1S/C52H100O6/c1-6-8-9-10-11-12-17-22-29-34-39-44-52(55)58-49(46-57-51(54)43-38-33-28-24-23-26-31-36-41-48(5)7-2)45-56-50(53)42-37-32-27-21-19-16-14-13-15-18-20-25-30-35-40-47(3)4/h47-49H,6-46H2,1-5H3/t48?,49-/m1/s1. The summed E-state index contributed by atoms with van der Waals surface area (Å²) >= 11 is 0. The first-order valence-corrected chi connectivity index (χ1v) is 25.8. The van der Waals surface area contributed by atoms with Gasteiger partial charge in [-0.1, -0.05) is 247 Å². The quantitative estimate of drug-likeness (QED) is 0.0346. The van der Waals surface area contributed by atoms with Crippen LogP contribution in [0.4, 0.5) is 0 Å². The van der Waals surface area contributed by atoms with Crippen molar-refractivity contribution in [3.8, 4) is 0 Å². The van der Waals surface area contributed by atoms with Crippen molar-refractivity contribution < 1.29 is 28.6 Å². The van der Waals surface area contributed by atoms with Gasteiger partial charge < -0.3 is 14.2 Å². The second-order valence-electron chi connectivity index (χ2n) is 18.5. The molecule has 0 aromatic heterocycles. The van der Waals surface area contributed by atoms with Crippen LogP contribution in [-0.4, -0.2) is 37.2 Å². The summed E-state index contributed by atoms with van der Waals surface area (Å²) in [5.41, 5.74) is 0. The second kappa shape index (κ2) is 44.9. The van der Waals surface area contributed by atoms with Gasteiger partial charge >= 0.3 is 17.9 Å². The molecule has 0 bridgehead atoms. The lowest BCUT2D eigenvalue weighted by Crippen LogP contribution is -2.30. The highest BCUT2D eigenvalue weighted by Crippen LogP contribution is 2.18. The molecule has 0 amide bonds. The molecule has 2 atom stereocenters. The van der Waals surface area contributed by atoms with Crippen LogP contribution < -0.4 is 0 Å². The average molecular weight is 821 g/mol. The van der Waals surface area contributed by atoms with Gasteiger partial charge in [-0.3, -0.25) is 14.4 Å². The van der Waals surface area contributed by atoms with Gasteiger partial charge in [0.15, 0.2) is 6.10 Å². The van der Waals surface area contributed by atoms with E-state index in [0.29, 0.717) is 19.3 Å². The molecule has 1 unspecified atom stereocenters. The molecule has 6 heteroatoms. The first-order valence-electron chi connectivity index (χ1n) is 25.8. The van der Waals surface area contributed by atoms with Crippen molar-refractivity contribution >= 4 is 17.9 Å². The monoisotopic (exact) mass is 821 g/mol. The number of esters is 3. The van der Waals surface area contributed by atoms with Crippen LogP contribution in [0.1, 0.15) is 285 Å². The third kappa shape index (κ3) is 44.0. The summed E-state index contributed by atoms with van der Waals surface area (Å²) in [5, 5.41) is 0. The van der Waals surface area contributed by atoms with Crippen molar-refractivity contribution in [1.29, 1.82) is 0 Å². The SMILES string of the molecule is CCCCCCCCCCCCCC(=O)O[C@H](COC(=O)CCCCCCCCCCCCCCCCC(C)C)COC(=O)CCCCCCCCCCC(C)CC. The number of unbranched alkanes of at least 4 members (excludes halogenated alkanes) is 30. The third-order valence-corrected chi connectivity index (χ3v) is 12.1. The Bertz CT molecular complexity index is 887. The highest BCUT2D eigenvalue weighted by Gasteiger charge is 2.19. The number of carbonyl (C=O) groups is 3. The van der Waals surface area contributed by atoms with Crippen LogP contribution in [-0.2, 0) is 28.6 Å². The Morgan fingerprint density at radius 1 is 0.362 bits per heavy atom. The summed E-state index contributed by atoms with van der Waals surface area (Å²) in [6.45, 7) is 11.4. The lowest BCUT2D eigenvalue weighted by molar-refractivity contribution is -0.167. The van der Waals surface area contributed by atoms with E-state index in [1.807, 2.05) is 0 Å². The fraction of sp³-hybridized carbons (Fsp3) is 0.942. The maximum atomic E-state index is 12.7. The molecule has 0 aromatic carbocycles. The zero-order chi connectivity index (χ0) is 42.6. The average Bonchev–Trinajstić information content (AvgIpc) is 3.21. The van der Waals surface area contributed by atoms with Crippen LogP contribution in [0.3, 0.4) is 0 Å². The van der Waals surface area contributed by atoms with Gasteiger partial charge in [-0.05, 0) is 31.1 Å². The van der Waals surface area contributed by atoms with E-state index in [1.54, 1.807) is 0 Å². The number of hydrogen-bond acceptors (Lipinski definition) is 6. The minimum absolute atomic E-state index is 0.0639. The zero-order valence-corrected chi connectivity index (χ0v) is 39.7. The largest absolute Gasteiger partial charge is 0.462 e. The molecule has 0 N–H and O–H groups in total. The lowest BCUT2D eigenvalue weighted by atomic mass is 9.99. The summed E-state index contributed by atoms with van der Waals surface area (Å²) < 4.78 is 16.8. The molecule has 0 aliphatic rings. The number of rotatable bonds is 46. The zero-order valence-electron chi connectivity index (χ0n) is 39.7. The van der Waals surface area contributed by atoms with E-state index in [-0.39, 0.29) is 31.1 Å². The van der Waals surface area contributed by atoms with Crippen molar-refractivity contribution in [2.24, 2.45) is 11.8 Å². The molecular weight excluding hydrogens is 721 g/mol. The minimum atomic E-state index is -0.761. The number of ether oxygens (including phenoxy) is 3. The van der Waals surface area contributed by atoms with Gasteiger partial charge in [0.25, 0.3) is 0 Å². The van der Waals surface area contributed by atoms with E-state index in [1.165, 1.54) is 173 Å². The molecule has 0 spiro atoms. The molecule has 0 saturated carbocycles. The van der Waals surface area contributed by atoms with E-state index in [2.05, 4.69) is 34.6 Å². The Kier molecular flexibility index (Phi) is 43.7. The maximum Gasteiger partial charge on any atom is 0.306 e. The van der Waals surface area contributed by atoms with Gasteiger partial charge in [0.2, 0.25) is 0 Å². The fourth-order valence-corrected chi connectivity index (χ4v) is 7.78. The van der Waals surface area contributed by atoms with Crippen LogP contribution in [0, 0.1) is 11.8 Å². The summed E-state index contributed by atoms with van der Waals surface area (Å²) in [4.78, 5) is 37.9. The first-order chi connectivity index (χ1) is 28.3. The van der Waals surface area contributed by atoms with Gasteiger partial charge in [-0.2, -0.15) is 0 Å². The highest BCUT2D eigenvalue weighted by atomic mass is 16.6. The van der Waals surface area contributed by atoms with Gasteiger partial charge in [-0.15, -0.1) is 0 Å². The summed E-state index contributed by atoms with van der Waals surface area (Å²) in [6.07, 6.45) is 45.1. The molecule has 0 aliphatic carbocycles. The topological polar surface area (TPSA) is 78.9 Å². The number of carbonyl (C=O) groups excluding carboxylic acids is 3. The molecule has 0 saturated heterocycles. The molecule has 0 aromatic rings. The van der Waals surface area contributed by atoms with E-state index in [9.17, 15) is 14.4 Å². The molecule has 344 valence electrons.